The first-order valence-corrected chi connectivity index (χ1v) is 22.2. The van der Waals surface area contributed by atoms with Gasteiger partial charge in [0.1, 0.15) is 5.75 Å². The highest BCUT2D eigenvalue weighted by Crippen LogP contribution is 2.59. The van der Waals surface area contributed by atoms with Crippen molar-refractivity contribution < 1.29 is 22.6 Å². The van der Waals surface area contributed by atoms with E-state index in [-0.39, 0.29) is 4.90 Å². The van der Waals surface area contributed by atoms with Gasteiger partial charge in [-0.15, -0.1) is 0 Å². The fraction of sp³-hybridized carbons (Fsp3) is 0.171. The number of ether oxygens (including phenoxy) is 3. The fourth-order valence-corrected chi connectivity index (χ4v) is 11.9. The van der Waals surface area contributed by atoms with E-state index >= 15 is 8.42 Å². The maximum Gasteiger partial charge on any atom is 0.268 e. The molecular weight excluding hydrogens is 718 g/mol. The highest BCUT2D eigenvalue weighted by atomic mass is 35.5. The largest absolute Gasteiger partial charge is 0.497 e. The van der Waals surface area contributed by atoms with Crippen molar-refractivity contribution in [3.63, 3.8) is 0 Å². The lowest BCUT2D eigenvalue weighted by Crippen LogP contribution is -2.39. The average molecular weight is 753 g/mol. The van der Waals surface area contributed by atoms with Crippen LogP contribution in [0.5, 0.6) is 17.2 Å². The van der Waals surface area contributed by atoms with Crippen LogP contribution in [0, 0.1) is 6.92 Å². The maximum atomic E-state index is 15.2. The van der Waals surface area contributed by atoms with E-state index in [1.807, 2.05) is 79.7 Å². The molecular formula is C41H35Cl2NO5SSi. The zero-order chi connectivity index (χ0) is 36.1. The van der Waals surface area contributed by atoms with Crippen molar-refractivity contribution in [1.29, 1.82) is 0 Å². The Morgan fingerprint density at radius 3 is 1.84 bits per heavy atom. The third-order valence-electron chi connectivity index (χ3n) is 9.95. The molecule has 0 saturated carbocycles. The molecule has 0 aliphatic heterocycles. The molecule has 1 heterocycles. The summed E-state index contributed by atoms with van der Waals surface area (Å²) in [5, 5.41) is 5.14. The van der Waals surface area contributed by atoms with Crippen LogP contribution in [-0.2, 0) is 10.0 Å². The van der Waals surface area contributed by atoms with Crippen LogP contribution >= 0.6 is 23.2 Å². The molecule has 0 spiro atoms. The Bertz CT molecular complexity index is 2710. The van der Waals surface area contributed by atoms with Gasteiger partial charge in [0.25, 0.3) is 10.0 Å². The summed E-state index contributed by atoms with van der Waals surface area (Å²) >= 11 is 14.9. The van der Waals surface area contributed by atoms with Gasteiger partial charge in [0.15, 0.2) is 11.5 Å². The van der Waals surface area contributed by atoms with Crippen LogP contribution in [0.4, 0.5) is 0 Å². The number of aryl methyl sites for hydroxylation is 1. The normalized spacial score (nSPS) is 12.6. The number of halogens is 2. The molecule has 8 rings (SSSR count). The van der Waals surface area contributed by atoms with Gasteiger partial charge < -0.3 is 14.2 Å². The van der Waals surface area contributed by atoms with E-state index in [9.17, 15) is 0 Å². The monoisotopic (exact) mass is 751 g/mol. The molecule has 0 fully saturated rings. The molecule has 0 unspecified atom stereocenters. The molecule has 0 N–H and O–H groups in total. The Morgan fingerprint density at radius 2 is 1.25 bits per heavy atom. The van der Waals surface area contributed by atoms with Crippen LogP contribution in [0.25, 0.3) is 66.0 Å². The van der Waals surface area contributed by atoms with E-state index in [0.717, 1.165) is 54.7 Å². The predicted octanol–water partition coefficient (Wildman–Crippen LogP) is 10.7. The summed E-state index contributed by atoms with van der Waals surface area (Å²) in [6, 6.07) is 26.3. The number of rotatable bonds is 7. The maximum absolute atomic E-state index is 15.2. The molecule has 10 heteroatoms. The van der Waals surface area contributed by atoms with Gasteiger partial charge in [0.05, 0.1) is 55.4 Å². The molecule has 1 aromatic heterocycles. The van der Waals surface area contributed by atoms with E-state index in [2.05, 4.69) is 19.6 Å². The van der Waals surface area contributed by atoms with Crippen molar-refractivity contribution in [3.8, 4) is 50.6 Å². The highest BCUT2D eigenvalue weighted by molar-refractivity contribution is 7.90. The van der Waals surface area contributed by atoms with Gasteiger partial charge in [-0.25, -0.2) is 12.4 Å². The van der Waals surface area contributed by atoms with Crippen LogP contribution < -0.4 is 19.4 Å². The number of hydrogen-bond donors (Lipinski definition) is 0. The van der Waals surface area contributed by atoms with Gasteiger partial charge >= 0.3 is 0 Å². The van der Waals surface area contributed by atoms with Crippen molar-refractivity contribution in [2.75, 3.05) is 21.3 Å². The molecule has 0 saturated heterocycles. The van der Waals surface area contributed by atoms with Crippen LogP contribution in [0.15, 0.2) is 89.8 Å². The van der Waals surface area contributed by atoms with Crippen molar-refractivity contribution in [1.82, 2.24) is 3.97 Å². The van der Waals surface area contributed by atoms with E-state index < -0.39 is 18.1 Å². The average Bonchev–Trinajstić information content (AvgIpc) is 3.63. The molecule has 1 aliphatic carbocycles. The van der Waals surface area contributed by atoms with E-state index in [1.165, 1.54) is 3.97 Å². The summed E-state index contributed by atoms with van der Waals surface area (Å²) in [6.07, 6.45) is 0. The van der Waals surface area contributed by atoms with Gasteiger partial charge in [-0.1, -0.05) is 90.9 Å². The number of benzene rings is 6. The smallest absolute Gasteiger partial charge is 0.268 e. The molecule has 7 aromatic rings. The second kappa shape index (κ2) is 11.8. The second-order valence-electron chi connectivity index (χ2n) is 13.9. The SMILES string of the molecule is COc1ccc(-c2c(Cl)c(Cl)c3c4c(c([Si](C)(C)C)c5c6ccccc6n(S(=O)(=O)c6ccc(C)cc6)c5c24)-c2cc(OC)c(OC)cc2-3)cc1. The molecule has 0 bridgehead atoms. The predicted molar refractivity (Wildman–Crippen MR) is 213 cm³/mol. The lowest BCUT2D eigenvalue weighted by Gasteiger charge is -2.25. The summed E-state index contributed by atoms with van der Waals surface area (Å²) in [5.41, 5.74) is 7.11. The third kappa shape index (κ3) is 4.77. The Kier molecular flexibility index (Phi) is 7.78. The van der Waals surface area contributed by atoms with E-state index in [4.69, 9.17) is 37.4 Å². The zero-order valence-electron chi connectivity index (χ0n) is 29.2. The Morgan fingerprint density at radius 1 is 0.667 bits per heavy atom. The Balaban J connectivity index is 1.73. The minimum Gasteiger partial charge on any atom is -0.497 e. The zero-order valence-corrected chi connectivity index (χ0v) is 32.6. The first-order valence-electron chi connectivity index (χ1n) is 16.5. The van der Waals surface area contributed by atoms with Crippen LogP contribution in [0.2, 0.25) is 29.7 Å². The van der Waals surface area contributed by atoms with Crippen molar-refractivity contribution in [3.05, 3.63) is 101 Å². The van der Waals surface area contributed by atoms with Crippen molar-refractivity contribution in [2.24, 2.45) is 0 Å². The van der Waals surface area contributed by atoms with Crippen LogP contribution in [-0.4, -0.2) is 41.8 Å². The quantitative estimate of drug-likeness (QED) is 0.152. The molecule has 0 amide bonds. The first-order chi connectivity index (χ1) is 24.3. The summed E-state index contributed by atoms with van der Waals surface area (Å²) in [4.78, 5) is 0.196. The molecule has 6 nitrogen and oxygen atoms in total. The summed E-state index contributed by atoms with van der Waals surface area (Å²) in [5.74, 6) is 1.82. The summed E-state index contributed by atoms with van der Waals surface area (Å²) in [7, 11) is -1.63. The lowest BCUT2D eigenvalue weighted by molar-refractivity contribution is 0.355. The molecule has 258 valence electrons. The molecule has 0 radical (unpaired) electrons. The second-order valence-corrected chi connectivity index (χ2v) is 21.5. The number of hydrogen-bond acceptors (Lipinski definition) is 5. The number of methoxy groups -OCH3 is 3. The third-order valence-corrected chi connectivity index (χ3v) is 14.5. The first kappa shape index (κ1) is 33.7. The van der Waals surface area contributed by atoms with Gasteiger partial charge in [-0.3, -0.25) is 0 Å². The van der Waals surface area contributed by atoms with Crippen molar-refractivity contribution >= 4 is 79.1 Å². The van der Waals surface area contributed by atoms with E-state index in [0.29, 0.717) is 49.3 Å². The number of aromatic nitrogens is 1. The highest BCUT2D eigenvalue weighted by Gasteiger charge is 2.40. The number of nitrogens with zero attached hydrogens (tertiary/aromatic N) is 1. The standard InChI is InChI=1S/C41H35Cl2NO5SSi/c1-22-12-18-25(19-13-22)50(45,46)44-29-11-9-8-10-26(29)35-40(44)37-32(23-14-16-24(47-2)17-15-23)38(42)39(43)33-27-20-30(48-3)31(49-4)21-28(27)34(36(33)37)41(35)51(5,6)7/h8-21H,1-7H3. The minimum atomic E-state index is -4.15. The van der Waals surface area contributed by atoms with Gasteiger partial charge in [-0.05, 0) is 76.8 Å². The van der Waals surface area contributed by atoms with Crippen molar-refractivity contribution in [2.45, 2.75) is 31.5 Å². The topological polar surface area (TPSA) is 66.8 Å². The fourth-order valence-electron chi connectivity index (χ4n) is 7.78. The Hall–Kier alpha value is -4.47. The Labute approximate surface area is 308 Å². The number of para-hydroxylation sites is 1. The molecule has 0 atom stereocenters. The van der Waals surface area contributed by atoms with Gasteiger partial charge in [-0.2, -0.15) is 0 Å². The minimum absolute atomic E-state index is 0.196. The lowest BCUT2D eigenvalue weighted by atomic mass is 9.91. The van der Waals surface area contributed by atoms with E-state index in [1.54, 1.807) is 33.5 Å². The summed E-state index contributed by atoms with van der Waals surface area (Å²) in [6.45, 7) is 8.83. The molecule has 1 aliphatic rings. The summed E-state index contributed by atoms with van der Waals surface area (Å²) < 4.78 is 49.0. The van der Waals surface area contributed by atoms with Crippen LogP contribution in [0.3, 0.4) is 0 Å². The number of fused-ring (bicyclic) bond motifs is 7. The van der Waals surface area contributed by atoms with Gasteiger partial charge in [0.2, 0.25) is 0 Å². The van der Waals surface area contributed by atoms with Crippen LogP contribution in [0.1, 0.15) is 5.56 Å². The molecule has 6 aromatic carbocycles. The molecule has 51 heavy (non-hydrogen) atoms. The van der Waals surface area contributed by atoms with Gasteiger partial charge in [0, 0.05) is 32.7 Å².